The van der Waals surface area contributed by atoms with Crippen LogP contribution in [-0.2, 0) is 14.8 Å². The van der Waals surface area contributed by atoms with Gasteiger partial charge in [0, 0.05) is 25.0 Å². The summed E-state index contributed by atoms with van der Waals surface area (Å²) < 4.78 is 26.6. The normalized spacial score (nSPS) is 18.8. The second-order valence-electron chi connectivity index (χ2n) is 6.53. The first-order valence-corrected chi connectivity index (χ1v) is 9.62. The maximum absolute atomic E-state index is 12.6. The van der Waals surface area contributed by atoms with Gasteiger partial charge in [0.2, 0.25) is 15.9 Å². The Morgan fingerprint density at radius 3 is 2.22 bits per heavy atom. The van der Waals surface area contributed by atoms with Crippen LogP contribution in [-0.4, -0.2) is 37.8 Å². The predicted molar refractivity (Wildman–Crippen MR) is 90.4 cm³/mol. The Hall–Kier alpha value is -1.40. The number of rotatable bonds is 5. The Bertz CT molecular complexity index is 620. The SMILES string of the molecule is CC(C)C(C)NC(=O)C1CCN(S(=O)(=O)c2ccccc2)CC1. The molecular formula is C17H26N2O3S. The highest BCUT2D eigenvalue weighted by Crippen LogP contribution is 2.24. The molecule has 0 saturated carbocycles. The van der Waals surface area contributed by atoms with Crippen LogP contribution in [0, 0.1) is 11.8 Å². The molecule has 5 nitrogen and oxygen atoms in total. The summed E-state index contributed by atoms with van der Waals surface area (Å²) in [6, 6.07) is 8.59. The maximum Gasteiger partial charge on any atom is 0.243 e. The zero-order chi connectivity index (χ0) is 17.0. The molecule has 1 saturated heterocycles. The molecule has 1 fully saturated rings. The van der Waals surface area contributed by atoms with Crippen LogP contribution < -0.4 is 5.32 Å². The largest absolute Gasteiger partial charge is 0.353 e. The quantitative estimate of drug-likeness (QED) is 0.895. The Morgan fingerprint density at radius 1 is 1.13 bits per heavy atom. The van der Waals surface area contributed by atoms with Crippen LogP contribution in [0.5, 0.6) is 0 Å². The number of amides is 1. The molecule has 0 aliphatic carbocycles. The van der Waals surface area contributed by atoms with Gasteiger partial charge in [0.05, 0.1) is 4.90 Å². The second-order valence-corrected chi connectivity index (χ2v) is 8.47. The van der Waals surface area contributed by atoms with Gasteiger partial charge in [-0.05, 0) is 37.8 Å². The smallest absolute Gasteiger partial charge is 0.243 e. The zero-order valence-corrected chi connectivity index (χ0v) is 14.8. The lowest BCUT2D eigenvalue weighted by Gasteiger charge is -2.31. The van der Waals surface area contributed by atoms with Gasteiger partial charge in [-0.15, -0.1) is 0 Å². The molecule has 2 rings (SSSR count). The van der Waals surface area contributed by atoms with E-state index in [2.05, 4.69) is 19.2 Å². The van der Waals surface area contributed by atoms with E-state index in [1.807, 2.05) is 6.92 Å². The van der Waals surface area contributed by atoms with E-state index in [1.165, 1.54) is 4.31 Å². The number of benzene rings is 1. The third-order valence-corrected chi connectivity index (χ3v) is 6.49. The van der Waals surface area contributed by atoms with Crippen molar-refractivity contribution in [1.29, 1.82) is 0 Å². The van der Waals surface area contributed by atoms with Crippen LogP contribution in [0.25, 0.3) is 0 Å². The molecular weight excluding hydrogens is 312 g/mol. The van der Waals surface area contributed by atoms with Gasteiger partial charge in [0.1, 0.15) is 0 Å². The van der Waals surface area contributed by atoms with E-state index in [4.69, 9.17) is 0 Å². The van der Waals surface area contributed by atoms with Crippen molar-refractivity contribution in [2.45, 2.75) is 44.6 Å². The summed E-state index contributed by atoms with van der Waals surface area (Å²) in [7, 11) is -3.45. The number of carbonyl (C=O) groups excluding carboxylic acids is 1. The molecule has 0 bridgehead atoms. The summed E-state index contributed by atoms with van der Waals surface area (Å²) in [5, 5.41) is 3.03. The Balaban J connectivity index is 1.95. The van der Waals surface area contributed by atoms with E-state index in [0.717, 1.165) is 0 Å². The molecule has 1 unspecified atom stereocenters. The first kappa shape index (κ1) is 17.9. The predicted octanol–water partition coefficient (Wildman–Crippen LogP) is 2.25. The van der Waals surface area contributed by atoms with Gasteiger partial charge >= 0.3 is 0 Å². The minimum atomic E-state index is -3.45. The lowest BCUT2D eigenvalue weighted by Crippen LogP contribution is -2.45. The van der Waals surface area contributed by atoms with Crippen LogP contribution in [0.4, 0.5) is 0 Å². The van der Waals surface area contributed by atoms with Crippen LogP contribution >= 0.6 is 0 Å². The topological polar surface area (TPSA) is 66.5 Å². The monoisotopic (exact) mass is 338 g/mol. The minimum Gasteiger partial charge on any atom is -0.353 e. The van der Waals surface area contributed by atoms with E-state index in [9.17, 15) is 13.2 Å². The summed E-state index contributed by atoms with van der Waals surface area (Å²) >= 11 is 0. The van der Waals surface area contributed by atoms with Crippen molar-refractivity contribution in [3.05, 3.63) is 30.3 Å². The van der Waals surface area contributed by atoms with Gasteiger partial charge in [-0.25, -0.2) is 8.42 Å². The standard InChI is InChI=1S/C17H26N2O3S/c1-13(2)14(3)18-17(20)15-9-11-19(12-10-15)23(21,22)16-7-5-4-6-8-16/h4-8,13-15H,9-12H2,1-3H3,(H,18,20). The average molecular weight is 338 g/mol. The number of piperidine rings is 1. The molecule has 128 valence electrons. The van der Waals surface area contributed by atoms with Crippen LogP contribution in [0.1, 0.15) is 33.6 Å². The van der Waals surface area contributed by atoms with Crippen LogP contribution in [0.2, 0.25) is 0 Å². The fraction of sp³-hybridized carbons (Fsp3) is 0.588. The number of nitrogens with zero attached hydrogens (tertiary/aromatic N) is 1. The summed E-state index contributed by atoms with van der Waals surface area (Å²) in [4.78, 5) is 12.6. The first-order valence-electron chi connectivity index (χ1n) is 8.18. The van der Waals surface area contributed by atoms with E-state index in [-0.39, 0.29) is 17.9 Å². The summed E-state index contributed by atoms with van der Waals surface area (Å²) in [5.41, 5.74) is 0. The Labute approximate surface area is 139 Å². The summed E-state index contributed by atoms with van der Waals surface area (Å²) in [6.45, 7) is 6.92. The highest BCUT2D eigenvalue weighted by molar-refractivity contribution is 7.89. The average Bonchev–Trinajstić information content (AvgIpc) is 2.55. The number of carbonyl (C=O) groups is 1. The molecule has 1 N–H and O–H groups in total. The molecule has 1 atom stereocenters. The summed E-state index contributed by atoms with van der Waals surface area (Å²) in [5.74, 6) is 0.332. The Morgan fingerprint density at radius 2 is 1.70 bits per heavy atom. The molecule has 1 amide bonds. The van der Waals surface area contributed by atoms with Crippen LogP contribution in [0.3, 0.4) is 0 Å². The highest BCUT2D eigenvalue weighted by atomic mass is 32.2. The van der Waals surface area contributed by atoms with Gasteiger partial charge in [-0.2, -0.15) is 4.31 Å². The first-order chi connectivity index (χ1) is 10.8. The van der Waals surface area contributed by atoms with Crippen molar-refractivity contribution in [3.63, 3.8) is 0 Å². The maximum atomic E-state index is 12.6. The van der Waals surface area contributed by atoms with Crippen molar-refractivity contribution < 1.29 is 13.2 Å². The van der Waals surface area contributed by atoms with E-state index < -0.39 is 10.0 Å². The number of hydrogen-bond donors (Lipinski definition) is 1. The third-order valence-electron chi connectivity index (χ3n) is 4.58. The van der Waals surface area contributed by atoms with E-state index in [1.54, 1.807) is 30.3 Å². The fourth-order valence-corrected chi connectivity index (χ4v) is 4.10. The fourth-order valence-electron chi connectivity index (χ4n) is 2.61. The molecule has 1 heterocycles. The van der Waals surface area contributed by atoms with E-state index in [0.29, 0.717) is 36.7 Å². The zero-order valence-electron chi connectivity index (χ0n) is 14.0. The van der Waals surface area contributed by atoms with Crippen molar-refractivity contribution in [1.82, 2.24) is 9.62 Å². The van der Waals surface area contributed by atoms with Crippen molar-refractivity contribution in [2.75, 3.05) is 13.1 Å². The molecule has 0 radical (unpaired) electrons. The molecule has 1 aromatic rings. The molecule has 23 heavy (non-hydrogen) atoms. The van der Waals surface area contributed by atoms with Gasteiger partial charge in [-0.3, -0.25) is 4.79 Å². The van der Waals surface area contributed by atoms with Crippen molar-refractivity contribution in [3.8, 4) is 0 Å². The number of hydrogen-bond acceptors (Lipinski definition) is 3. The van der Waals surface area contributed by atoms with Gasteiger partial charge in [-0.1, -0.05) is 32.0 Å². The number of sulfonamides is 1. The molecule has 1 aromatic carbocycles. The van der Waals surface area contributed by atoms with E-state index >= 15 is 0 Å². The summed E-state index contributed by atoms with van der Waals surface area (Å²) in [6.07, 6.45) is 1.14. The van der Waals surface area contributed by atoms with Crippen molar-refractivity contribution >= 4 is 15.9 Å². The molecule has 1 aliphatic heterocycles. The van der Waals surface area contributed by atoms with Crippen LogP contribution in [0.15, 0.2) is 35.2 Å². The van der Waals surface area contributed by atoms with Gasteiger partial charge in [0.15, 0.2) is 0 Å². The third kappa shape index (κ3) is 4.32. The van der Waals surface area contributed by atoms with Gasteiger partial charge in [0.25, 0.3) is 0 Å². The molecule has 0 spiro atoms. The lowest BCUT2D eigenvalue weighted by atomic mass is 9.96. The van der Waals surface area contributed by atoms with Gasteiger partial charge < -0.3 is 5.32 Å². The lowest BCUT2D eigenvalue weighted by molar-refractivity contribution is -0.127. The Kier molecular flexibility index (Phi) is 5.81. The second kappa shape index (κ2) is 7.45. The van der Waals surface area contributed by atoms with Crippen molar-refractivity contribution in [2.24, 2.45) is 11.8 Å². The minimum absolute atomic E-state index is 0.0444. The molecule has 1 aliphatic rings. The molecule has 0 aromatic heterocycles. The highest BCUT2D eigenvalue weighted by Gasteiger charge is 2.32. The number of nitrogens with one attached hydrogen (secondary N) is 1. The molecule has 6 heteroatoms.